The van der Waals surface area contributed by atoms with Crippen molar-refractivity contribution in [2.75, 3.05) is 13.1 Å². The van der Waals surface area contributed by atoms with E-state index in [0.29, 0.717) is 10.5 Å². The molecule has 1 fully saturated rings. The first kappa shape index (κ1) is 13.7. The lowest BCUT2D eigenvalue weighted by Gasteiger charge is -2.30. The number of rotatable bonds is 4. The van der Waals surface area contributed by atoms with Crippen LogP contribution < -0.4 is 5.32 Å². The third kappa shape index (κ3) is 3.87. The summed E-state index contributed by atoms with van der Waals surface area (Å²) in [6.45, 7) is 2.26. The quantitative estimate of drug-likeness (QED) is 0.921. The summed E-state index contributed by atoms with van der Waals surface area (Å²) in [4.78, 5) is 0. The second-order valence-corrected chi connectivity index (χ2v) is 7.02. The van der Waals surface area contributed by atoms with Gasteiger partial charge in [0.15, 0.2) is 0 Å². The van der Waals surface area contributed by atoms with Crippen LogP contribution in [0.2, 0.25) is 0 Å². The zero-order valence-electron chi connectivity index (χ0n) is 11.7. The molecule has 2 heteroatoms. The Morgan fingerprint density at radius 2 is 1.20 bits per heavy atom. The van der Waals surface area contributed by atoms with E-state index in [2.05, 4.69) is 77.7 Å². The van der Waals surface area contributed by atoms with Crippen LogP contribution in [0.5, 0.6) is 0 Å². The van der Waals surface area contributed by atoms with Crippen LogP contribution in [0.4, 0.5) is 0 Å². The largest absolute Gasteiger partial charge is 0.315 e. The fraction of sp³-hybridized carbons (Fsp3) is 0.333. The van der Waals surface area contributed by atoms with Gasteiger partial charge in [-0.2, -0.15) is 11.8 Å². The summed E-state index contributed by atoms with van der Waals surface area (Å²) in [6, 6.07) is 21.7. The van der Waals surface area contributed by atoms with Crippen LogP contribution in [0.3, 0.4) is 0 Å². The van der Waals surface area contributed by atoms with Gasteiger partial charge in [0, 0.05) is 23.6 Å². The van der Waals surface area contributed by atoms with E-state index in [-0.39, 0.29) is 0 Å². The zero-order valence-corrected chi connectivity index (χ0v) is 12.5. The molecule has 0 bridgehead atoms. The molecule has 3 rings (SSSR count). The van der Waals surface area contributed by atoms with Gasteiger partial charge in [0.1, 0.15) is 0 Å². The highest BCUT2D eigenvalue weighted by atomic mass is 32.2. The van der Waals surface area contributed by atoms with Gasteiger partial charge in [-0.05, 0) is 24.0 Å². The molecule has 2 unspecified atom stereocenters. The fourth-order valence-electron chi connectivity index (χ4n) is 2.77. The summed E-state index contributed by atoms with van der Waals surface area (Å²) in [7, 11) is 0. The Balaban J connectivity index is 1.57. The monoisotopic (exact) mass is 283 g/mol. The van der Waals surface area contributed by atoms with Gasteiger partial charge in [0.2, 0.25) is 0 Å². The van der Waals surface area contributed by atoms with E-state index in [0.717, 1.165) is 13.1 Å². The van der Waals surface area contributed by atoms with Crippen molar-refractivity contribution >= 4 is 11.8 Å². The lowest BCUT2D eigenvalue weighted by atomic mass is 10.1. The molecular formula is C18H21NS. The highest BCUT2D eigenvalue weighted by Crippen LogP contribution is 2.26. The summed E-state index contributed by atoms with van der Waals surface area (Å²) in [5, 5.41) is 4.99. The van der Waals surface area contributed by atoms with Crippen LogP contribution in [-0.4, -0.2) is 23.6 Å². The average Bonchev–Trinajstić information content (AvgIpc) is 2.50. The normalized spacial score (nSPS) is 22.6. The third-order valence-corrected chi connectivity index (χ3v) is 5.18. The summed E-state index contributed by atoms with van der Waals surface area (Å²) >= 11 is 2.16. The maximum Gasteiger partial charge on any atom is 0.0216 e. The van der Waals surface area contributed by atoms with Gasteiger partial charge in [-0.25, -0.2) is 0 Å². The van der Waals surface area contributed by atoms with Gasteiger partial charge in [-0.1, -0.05) is 60.7 Å². The molecular weight excluding hydrogens is 262 g/mol. The van der Waals surface area contributed by atoms with E-state index in [1.165, 1.54) is 24.0 Å². The Kier molecular flexibility index (Phi) is 4.77. The molecule has 2 aromatic rings. The van der Waals surface area contributed by atoms with Crippen molar-refractivity contribution in [1.82, 2.24) is 5.32 Å². The Bertz CT molecular complexity index is 464. The minimum atomic E-state index is 0.694. The minimum absolute atomic E-state index is 0.694. The van der Waals surface area contributed by atoms with Gasteiger partial charge in [-0.15, -0.1) is 0 Å². The molecule has 0 saturated carbocycles. The predicted molar refractivity (Wildman–Crippen MR) is 88.3 cm³/mol. The molecule has 1 aliphatic rings. The molecule has 0 aromatic heterocycles. The molecule has 0 radical (unpaired) electrons. The summed E-state index contributed by atoms with van der Waals surface area (Å²) < 4.78 is 0. The van der Waals surface area contributed by atoms with E-state index in [4.69, 9.17) is 0 Å². The smallest absolute Gasteiger partial charge is 0.0216 e. The summed E-state index contributed by atoms with van der Waals surface area (Å²) in [5.74, 6) is 0. The lowest BCUT2D eigenvalue weighted by Crippen LogP contribution is -2.40. The number of nitrogens with one attached hydrogen (secondary N) is 1. The molecule has 0 spiro atoms. The van der Waals surface area contributed by atoms with E-state index in [9.17, 15) is 0 Å². The minimum Gasteiger partial charge on any atom is -0.315 e. The van der Waals surface area contributed by atoms with E-state index < -0.39 is 0 Å². The maximum atomic E-state index is 3.60. The fourth-order valence-corrected chi connectivity index (χ4v) is 4.32. The highest BCUT2D eigenvalue weighted by Gasteiger charge is 2.22. The van der Waals surface area contributed by atoms with Gasteiger partial charge >= 0.3 is 0 Å². The molecule has 1 nitrogen and oxygen atoms in total. The second kappa shape index (κ2) is 6.96. The molecule has 20 heavy (non-hydrogen) atoms. The number of hydrogen-bond donors (Lipinski definition) is 1. The first-order valence-corrected chi connectivity index (χ1v) is 8.28. The van der Waals surface area contributed by atoms with Crippen LogP contribution in [0.25, 0.3) is 0 Å². The molecule has 1 N–H and O–H groups in total. The average molecular weight is 283 g/mol. The number of hydrogen-bond acceptors (Lipinski definition) is 2. The molecule has 1 aliphatic heterocycles. The van der Waals surface area contributed by atoms with Crippen LogP contribution >= 0.6 is 11.8 Å². The third-order valence-electron chi connectivity index (χ3n) is 3.74. The van der Waals surface area contributed by atoms with Crippen molar-refractivity contribution in [2.24, 2.45) is 0 Å². The SMILES string of the molecule is c1ccc(CC2CNCC(Cc3ccccc3)S2)cc1. The molecule has 0 aliphatic carbocycles. The van der Waals surface area contributed by atoms with Crippen molar-refractivity contribution in [3.63, 3.8) is 0 Å². The molecule has 1 saturated heterocycles. The Morgan fingerprint density at radius 3 is 1.65 bits per heavy atom. The first-order chi connectivity index (χ1) is 9.90. The maximum absolute atomic E-state index is 3.60. The highest BCUT2D eigenvalue weighted by molar-refractivity contribution is 8.00. The van der Waals surface area contributed by atoms with Crippen LogP contribution in [0, 0.1) is 0 Å². The molecule has 1 heterocycles. The Labute approximate surface area is 125 Å². The van der Waals surface area contributed by atoms with Crippen LogP contribution in [0.15, 0.2) is 60.7 Å². The topological polar surface area (TPSA) is 12.0 Å². The zero-order chi connectivity index (χ0) is 13.6. The van der Waals surface area contributed by atoms with Gasteiger partial charge in [-0.3, -0.25) is 0 Å². The standard InChI is InChI=1S/C18H21NS/c1-3-7-15(8-4-1)11-17-13-19-14-18(20-17)12-16-9-5-2-6-10-16/h1-10,17-19H,11-14H2. The Morgan fingerprint density at radius 1 is 0.750 bits per heavy atom. The summed E-state index contributed by atoms with van der Waals surface area (Å²) in [6.07, 6.45) is 2.34. The Hall–Kier alpha value is -1.25. The summed E-state index contributed by atoms with van der Waals surface area (Å²) in [5.41, 5.74) is 2.90. The second-order valence-electron chi connectivity index (χ2n) is 5.42. The van der Waals surface area contributed by atoms with Gasteiger partial charge < -0.3 is 5.32 Å². The van der Waals surface area contributed by atoms with Crippen molar-refractivity contribution in [2.45, 2.75) is 23.3 Å². The predicted octanol–water partition coefficient (Wildman–Crippen LogP) is 3.55. The molecule has 2 atom stereocenters. The van der Waals surface area contributed by atoms with Crippen molar-refractivity contribution in [1.29, 1.82) is 0 Å². The van der Waals surface area contributed by atoms with Crippen molar-refractivity contribution < 1.29 is 0 Å². The van der Waals surface area contributed by atoms with Crippen LogP contribution in [-0.2, 0) is 12.8 Å². The van der Waals surface area contributed by atoms with Crippen molar-refractivity contribution in [3.8, 4) is 0 Å². The lowest BCUT2D eigenvalue weighted by molar-refractivity contribution is 0.608. The molecule has 104 valence electrons. The number of thioether (sulfide) groups is 1. The molecule has 0 amide bonds. The van der Waals surface area contributed by atoms with E-state index in [1.54, 1.807) is 0 Å². The number of benzene rings is 2. The van der Waals surface area contributed by atoms with Crippen molar-refractivity contribution in [3.05, 3.63) is 71.8 Å². The molecule has 2 aromatic carbocycles. The van der Waals surface area contributed by atoms with E-state index in [1.807, 2.05) is 0 Å². The van der Waals surface area contributed by atoms with Gasteiger partial charge in [0.05, 0.1) is 0 Å². The first-order valence-electron chi connectivity index (χ1n) is 7.34. The van der Waals surface area contributed by atoms with E-state index >= 15 is 0 Å². The van der Waals surface area contributed by atoms with Crippen LogP contribution in [0.1, 0.15) is 11.1 Å². The van der Waals surface area contributed by atoms with Gasteiger partial charge in [0.25, 0.3) is 0 Å².